The van der Waals surface area contributed by atoms with Gasteiger partial charge in [-0.1, -0.05) is 12.0 Å². The fraction of sp³-hybridized carbons (Fsp3) is 0.111. The molecule has 0 aliphatic rings. The predicted octanol–water partition coefficient (Wildman–Crippen LogP) is 3.00. The minimum Gasteiger partial charge on any atom is -0.489 e. The Balaban J connectivity index is 3.28. The highest BCUT2D eigenvalue weighted by Crippen LogP contribution is 2.30. The largest absolute Gasteiger partial charge is 0.489 e. The summed E-state index contributed by atoms with van der Waals surface area (Å²) >= 11 is 2.03. The monoisotopic (exact) mass is 335 g/mol. The summed E-state index contributed by atoms with van der Waals surface area (Å²) in [6.45, 7) is 0. The van der Waals surface area contributed by atoms with Crippen LogP contribution in [0.25, 0.3) is 0 Å². The van der Waals surface area contributed by atoms with Gasteiger partial charge in [-0.3, -0.25) is 10.1 Å². The van der Waals surface area contributed by atoms with E-state index in [9.17, 15) is 10.1 Å². The molecular weight excluding hydrogens is 329 g/mol. The number of nitro groups is 1. The van der Waals surface area contributed by atoms with Crippen LogP contribution in [0.1, 0.15) is 5.56 Å². The molecule has 4 nitrogen and oxygen atoms in total. The van der Waals surface area contributed by atoms with Gasteiger partial charge >= 0.3 is 5.69 Å². The molecule has 0 atom stereocenters. The molecule has 1 rings (SSSR count). The first-order valence-corrected chi connectivity index (χ1v) is 7.16. The zero-order valence-corrected chi connectivity index (χ0v) is 10.7. The molecule has 0 unspecified atom stereocenters. The summed E-state index contributed by atoms with van der Waals surface area (Å²) in [5, 5.41) is 13.4. The maximum absolute atomic E-state index is 10.7. The Bertz CT molecular complexity index is 439. The van der Waals surface area contributed by atoms with E-state index in [4.69, 9.17) is 4.74 Å². The number of nitrogens with zero attached hydrogens (tertiary/aromatic N) is 1. The van der Waals surface area contributed by atoms with Gasteiger partial charge in [0.25, 0.3) is 0 Å². The van der Waals surface area contributed by atoms with Gasteiger partial charge in [-0.15, -0.1) is 0 Å². The molecule has 78 valence electrons. The van der Waals surface area contributed by atoms with E-state index >= 15 is 0 Å². The fourth-order valence-corrected chi connectivity index (χ4v) is 1.53. The lowest BCUT2D eigenvalue weighted by atomic mass is 10.2. The number of hydrogen-bond donors (Lipinski definition) is 0. The Morgan fingerprint density at radius 2 is 2.33 bits per heavy atom. The summed E-state index contributed by atoms with van der Waals surface area (Å²) in [7, 11) is 2.71. The molecule has 0 aliphatic heterocycles. The second-order valence-electron chi connectivity index (χ2n) is 2.42. The van der Waals surface area contributed by atoms with Crippen molar-refractivity contribution in [1.29, 1.82) is 0 Å². The third-order valence-electron chi connectivity index (χ3n) is 1.62. The second-order valence-corrected chi connectivity index (χ2v) is 4.10. The average Bonchev–Trinajstić information content (AvgIpc) is 2.25. The Labute approximate surface area is 103 Å². The maximum Gasteiger partial charge on any atom is 0.312 e. The number of hydrogen-bond acceptors (Lipinski definition) is 4. The lowest BCUT2D eigenvalue weighted by Crippen LogP contribution is -1.95. The molecule has 0 aliphatic carbocycles. The molecule has 0 amide bonds. The minimum absolute atomic E-state index is 0.0669. The summed E-state index contributed by atoms with van der Waals surface area (Å²) in [6.07, 6.45) is 0. The van der Waals surface area contributed by atoms with Crippen molar-refractivity contribution in [3.05, 3.63) is 33.9 Å². The van der Waals surface area contributed by atoms with E-state index in [1.807, 2.05) is 21.2 Å². The third-order valence-corrected chi connectivity index (χ3v) is 2.46. The Hall–Kier alpha value is -0.940. The Kier molecular flexibility index (Phi) is 4.71. The normalized spacial score (nSPS) is 8.93. The topological polar surface area (TPSA) is 52.4 Å². The van der Waals surface area contributed by atoms with Crippen LogP contribution in [0.2, 0.25) is 0 Å². The first-order valence-electron chi connectivity index (χ1n) is 3.80. The van der Waals surface area contributed by atoms with Gasteiger partial charge in [0.05, 0.1) is 17.6 Å². The zero-order valence-electron chi connectivity index (χ0n) is 7.69. The van der Waals surface area contributed by atoms with Crippen molar-refractivity contribution in [3.63, 3.8) is 0 Å². The highest BCUT2D eigenvalue weighted by Gasteiger charge is 2.16. The molecule has 0 heterocycles. The van der Waals surface area contributed by atoms with Crippen molar-refractivity contribution in [2.75, 3.05) is 7.11 Å². The molecule has 0 aromatic heterocycles. The number of nitro benzene ring substituents is 1. The fourth-order valence-electron chi connectivity index (χ4n) is 1.06. The van der Waals surface area contributed by atoms with E-state index < -0.39 is 4.92 Å². The molecule has 15 heavy (non-hydrogen) atoms. The highest BCUT2D eigenvalue weighted by molar-refractivity contribution is 14.2. The van der Waals surface area contributed by atoms with Crippen molar-refractivity contribution in [1.82, 2.24) is 0 Å². The SMILES string of the molecule is COc1c(C#CSI)cccc1[N+](=O)[O-]. The smallest absolute Gasteiger partial charge is 0.312 e. The Morgan fingerprint density at radius 1 is 1.60 bits per heavy atom. The van der Waals surface area contributed by atoms with E-state index in [1.54, 1.807) is 12.1 Å². The first-order chi connectivity index (χ1) is 7.20. The lowest BCUT2D eigenvalue weighted by molar-refractivity contribution is -0.385. The number of halogens is 1. The van der Waals surface area contributed by atoms with E-state index in [2.05, 4.69) is 11.2 Å². The van der Waals surface area contributed by atoms with Gasteiger partial charge < -0.3 is 4.74 Å². The molecule has 0 fully saturated rings. The second kappa shape index (κ2) is 5.82. The van der Waals surface area contributed by atoms with Crippen LogP contribution in [0.4, 0.5) is 5.69 Å². The summed E-state index contributed by atoms with van der Waals surface area (Å²) in [5.74, 6) is 2.99. The number of benzene rings is 1. The minimum atomic E-state index is -0.485. The van der Waals surface area contributed by atoms with Gasteiger partial charge in [0.15, 0.2) is 0 Å². The van der Waals surface area contributed by atoms with Crippen LogP contribution in [0.5, 0.6) is 5.75 Å². The predicted molar refractivity (Wildman–Crippen MR) is 68.1 cm³/mol. The van der Waals surface area contributed by atoms with Gasteiger partial charge in [-0.2, -0.15) is 0 Å². The molecule has 1 aromatic carbocycles. The molecule has 6 heteroatoms. The van der Waals surface area contributed by atoms with Crippen LogP contribution in [0, 0.1) is 21.3 Å². The number of ether oxygens (including phenoxy) is 1. The van der Waals surface area contributed by atoms with Crippen LogP contribution in [-0.2, 0) is 0 Å². The molecule has 0 saturated carbocycles. The third kappa shape index (κ3) is 3.00. The van der Waals surface area contributed by atoms with Gasteiger partial charge in [0.1, 0.15) is 0 Å². The summed E-state index contributed by atoms with van der Waals surface area (Å²) < 4.78 is 4.98. The zero-order chi connectivity index (χ0) is 11.3. The number of rotatable bonds is 2. The molecule has 0 radical (unpaired) electrons. The van der Waals surface area contributed by atoms with Crippen LogP contribution in [0.15, 0.2) is 18.2 Å². The molecule has 0 spiro atoms. The van der Waals surface area contributed by atoms with Gasteiger partial charge in [0.2, 0.25) is 5.75 Å². The standard InChI is InChI=1S/C9H6INO3S/c1-14-9-7(5-6-15-10)3-2-4-8(9)11(12)13/h2-4H,1H3. The summed E-state index contributed by atoms with van der Waals surface area (Å²) in [4.78, 5) is 10.2. The lowest BCUT2D eigenvalue weighted by Gasteiger charge is -2.02. The van der Waals surface area contributed by atoms with E-state index in [1.165, 1.54) is 22.1 Å². The number of methoxy groups -OCH3 is 1. The molecule has 0 N–H and O–H groups in total. The molecular formula is C9H6INO3S. The van der Waals surface area contributed by atoms with Crippen molar-refractivity contribution >= 4 is 35.8 Å². The van der Waals surface area contributed by atoms with Crippen LogP contribution in [-0.4, -0.2) is 12.0 Å². The van der Waals surface area contributed by atoms with Crippen molar-refractivity contribution < 1.29 is 9.66 Å². The molecule has 0 saturated heterocycles. The van der Waals surface area contributed by atoms with E-state index in [0.29, 0.717) is 5.56 Å². The van der Waals surface area contributed by atoms with Crippen molar-refractivity contribution in [2.45, 2.75) is 0 Å². The van der Waals surface area contributed by atoms with Gasteiger partial charge in [0, 0.05) is 27.3 Å². The van der Waals surface area contributed by atoms with Crippen molar-refractivity contribution in [2.24, 2.45) is 0 Å². The Morgan fingerprint density at radius 3 is 2.87 bits per heavy atom. The highest BCUT2D eigenvalue weighted by atomic mass is 127. The van der Waals surface area contributed by atoms with E-state index in [0.717, 1.165) is 0 Å². The van der Waals surface area contributed by atoms with Crippen LogP contribution >= 0.6 is 30.1 Å². The quantitative estimate of drug-likeness (QED) is 0.361. The average molecular weight is 335 g/mol. The number of para-hydroxylation sites is 1. The molecule has 1 aromatic rings. The summed E-state index contributed by atoms with van der Waals surface area (Å²) in [6, 6.07) is 4.66. The molecule has 0 bridgehead atoms. The van der Waals surface area contributed by atoms with E-state index in [-0.39, 0.29) is 11.4 Å². The maximum atomic E-state index is 10.7. The summed E-state index contributed by atoms with van der Waals surface area (Å²) in [5.41, 5.74) is 0.457. The van der Waals surface area contributed by atoms with Crippen LogP contribution < -0.4 is 4.74 Å². The first kappa shape index (κ1) is 12.1. The van der Waals surface area contributed by atoms with Crippen molar-refractivity contribution in [3.8, 4) is 16.9 Å². The van der Waals surface area contributed by atoms with Crippen LogP contribution in [0.3, 0.4) is 0 Å². The van der Waals surface area contributed by atoms with Gasteiger partial charge in [-0.25, -0.2) is 0 Å². The van der Waals surface area contributed by atoms with Gasteiger partial charge in [-0.05, 0) is 20.3 Å².